The van der Waals surface area contributed by atoms with Crippen LogP contribution >= 0.6 is 12.2 Å². The zero-order valence-electron chi connectivity index (χ0n) is 11.2. The Kier molecular flexibility index (Phi) is 4.92. The van der Waals surface area contributed by atoms with Crippen LogP contribution in [0.3, 0.4) is 0 Å². The first-order chi connectivity index (χ1) is 7.99. The van der Waals surface area contributed by atoms with Crippen molar-refractivity contribution >= 4 is 23.1 Å². The summed E-state index contributed by atoms with van der Waals surface area (Å²) < 4.78 is 0. The number of rotatable bonds is 5. The molecule has 0 spiro atoms. The summed E-state index contributed by atoms with van der Waals surface area (Å²) in [4.78, 5) is 14.9. The number of hydrogen-bond acceptors (Lipinski definition) is 2. The van der Waals surface area contributed by atoms with Gasteiger partial charge in [-0.1, -0.05) is 38.9 Å². The highest BCUT2D eigenvalue weighted by molar-refractivity contribution is 7.80. The van der Waals surface area contributed by atoms with Gasteiger partial charge in [-0.15, -0.1) is 0 Å². The van der Waals surface area contributed by atoms with Crippen LogP contribution in [0.2, 0.25) is 0 Å². The van der Waals surface area contributed by atoms with Crippen molar-refractivity contribution in [3.8, 4) is 0 Å². The zero-order chi connectivity index (χ0) is 13.1. The molecule has 3 nitrogen and oxygen atoms in total. The van der Waals surface area contributed by atoms with Crippen molar-refractivity contribution in [1.82, 2.24) is 4.90 Å². The number of carbonyl (C=O) groups is 1. The summed E-state index contributed by atoms with van der Waals surface area (Å²) in [7, 11) is 1.89. The van der Waals surface area contributed by atoms with Crippen LogP contribution < -0.4 is 5.73 Å². The van der Waals surface area contributed by atoms with Crippen molar-refractivity contribution in [2.45, 2.75) is 58.4 Å². The Labute approximate surface area is 110 Å². The second-order valence-electron chi connectivity index (χ2n) is 5.04. The van der Waals surface area contributed by atoms with Crippen molar-refractivity contribution in [2.75, 3.05) is 7.05 Å². The molecule has 0 aliphatic heterocycles. The zero-order valence-corrected chi connectivity index (χ0v) is 12.0. The minimum atomic E-state index is -0.549. The van der Waals surface area contributed by atoms with E-state index in [4.69, 9.17) is 18.0 Å². The number of carbonyl (C=O) groups excluding carboxylic acids is 1. The molecule has 1 fully saturated rings. The molecule has 98 valence electrons. The average Bonchev–Trinajstić information content (AvgIpc) is 2.79. The largest absolute Gasteiger partial charge is 0.392 e. The lowest BCUT2D eigenvalue weighted by molar-refractivity contribution is -0.139. The van der Waals surface area contributed by atoms with Crippen LogP contribution in [0.25, 0.3) is 0 Å². The Morgan fingerprint density at radius 2 is 1.82 bits per heavy atom. The van der Waals surface area contributed by atoms with E-state index in [1.54, 1.807) is 0 Å². The summed E-state index contributed by atoms with van der Waals surface area (Å²) in [5.41, 5.74) is 5.29. The fourth-order valence-corrected chi connectivity index (χ4v) is 3.18. The van der Waals surface area contributed by atoms with E-state index in [0.717, 1.165) is 38.5 Å². The number of amides is 1. The standard InChI is InChI=1S/C13H24N2OS/c1-4-10(5-2)15(3)12(16)13(11(14)17)8-6-7-9-13/h10H,4-9H2,1-3H3,(H2,14,17). The average molecular weight is 256 g/mol. The van der Waals surface area contributed by atoms with Crippen LogP contribution in [-0.2, 0) is 4.79 Å². The molecule has 1 rings (SSSR count). The van der Waals surface area contributed by atoms with Crippen molar-refractivity contribution < 1.29 is 4.79 Å². The third kappa shape index (κ3) is 2.62. The topological polar surface area (TPSA) is 46.3 Å². The van der Waals surface area contributed by atoms with E-state index >= 15 is 0 Å². The van der Waals surface area contributed by atoms with E-state index in [9.17, 15) is 4.79 Å². The summed E-state index contributed by atoms with van der Waals surface area (Å²) >= 11 is 5.15. The van der Waals surface area contributed by atoms with E-state index in [0.29, 0.717) is 11.0 Å². The highest BCUT2D eigenvalue weighted by Gasteiger charge is 2.46. The molecule has 0 aromatic heterocycles. The molecule has 0 radical (unpaired) electrons. The van der Waals surface area contributed by atoms with Gasteiger partial charge >= 0.3 is 0 Å². The summed E-state index contributed by atoms with van der Waals surface area (Å²) in [5, 5.41) is 0. The van der Waals surface area contributed by atoms with Gasteiger partial charge in [-0.3, -0.25) is 4.79 Å². The predicted octanol–water partition coefficient (Wildman–Crippen LogP) is 2.48. The third-order valence-electron chi connectivity index (χ3n) is 4.15. The lowest BCUT2D eigenvalue weighted by Gasteiger charge is -2.35. The van der Waals surface area contributed by atoms with Crippen molar-refractivity contribution in [3.05, 3.63) is 0 Å². The van der Waals surface area contributed by atoms with Crippen LogP contribution in [0.15, 0.2) is 0 Å². The summed E-state index contributed by atoms with van der Waals surface area (Å²) in [6.07, 6.45) is 5.72. The Balaban J connectivity index is 2.89. The third-order valence-corrected chi connectivity index (χ3v) is 4.54. The maximum absolute atomic E-state index is 12.6. The van der Waals surface area contributed by atoms with E-state index in [2.05, 4.69) is 13.8 Å². The molecule has 1 aliphatic rings. The highest BCUT2D eigenvalue weighted by atomic mass is 32.1. The minimum absolute atomic E-state index is 0.135. The normalized spacial score (nSPS) is 18.4. The Morgan fingerprint density at radius 1 is 1.35 bits per heavy atom. The van der Waals surface area contributed by atoms with Gasteiger partial charge in [0, 0.05) is 13.1 Å². The van der Waals surface area contributed by atoms with E-state index in [1.807, 2.05) is 11.9 Å². The molecule has 0 aromatic carbocycles. The molecule has 0 heterocycles. The molecule has 0 aromatic rings. The first-order valence-corrected chi connectivity index (χ1v) is 6.97. The van der Waals surface area contributed by atoms with Crippen LogP contribution in [0.1, 0.15) is 52.4 Å². The van der Waals surface area contributed by atoms with Gasteiger partial charge < -0.3 is 10.6 Å². The maximum atomic E-state index is 12.6. The lowest BCUT2D eigenvalue weighted by atomic mass is 9.84. The van der Waals surface area contributed by atoms with Crippen molar-refractivity contribution in [3.63, 3.8) is 0 Å². The van der Waals surface area contributed by atoms with E-state index in [1.165, 1.54) is 0 Å². The summed E-state index contributed by atoms with van der Waals surface area (Å²) in [5.74, 6) is 0.135. The number of hydrogen-bond donors (Lipinski definition) is 1. The fraction of sp³-hybridized carbons (Fsp3) is 0.846. The molecule has 4 heteroatoms. The second kappa shape index (κ2) is 5.80. The highest BCUT2D eigenvalue weighted by Crippen LogP contribution is 2.40. The monoisotopic (exact) mass is 256 g/mol. The van der Waals surface area contributed by atoms with Gasteiger partial charge in [-0.05, 0) is 25.7 Å². The molecule has 0 atom stereocenters. The summed E-state index contributed by atoms with van der Waals surface area (Å²) in [6, 6.07) is 0.300. The second-order valence-corrected chi connectivity index (χ2v) is 5.48. The minimum Gasteiger partial charge on any atom is -0.392 e. The number of nitrogens with zero attached hydrogens (tertiary/aromatic N) is 1. The molecule has 0 saturated heterocycles. The molecule has 17 heavy (non-hydrogen) atoms. The van der Waals surface area contributed by atoms with Gasteiger partial charge in [0.2, 0.25) is 5.91 Å². The van der Waals surface area contributed by atoms with Crippen molar-refractivity contribution in [2.24, 2.45) is 11.1 Å². The first kappa shape index (κ1) is 14.4. The molecule has 2 N–H and O–H groups in total. The SMILES string of the molecule is CCC(CC)N(C)C(=O)C1(C(N)=S)CCCC1. The predicted molar refractivity (Wildman–Crippen MR) is 74.8 cm³/mol. The molecule has 0 bridgehead atoms. The Bertz CT molecular complexity index is 294. The first-order valence-electron chi connectivity index (χ1n) is 6.56. The maximum Gasteiger partial charge on any atom is 0.235 e. The van der Waals surface area contributed by atoms with Crippen LogP contribution in [0, 0.1) is 5.41 Å². The fourth-order valence-electron chi connectivity index (χ4n) is 2.88. The number of thiocarbonyl (C=S) groups is 1. The molecule has 0 unspecified atom stereocenters. The van der Waals surface area contributed by atoms with Crippen LogP contribution in [0.4, 0.5) is 0 Å². The van der Waals surface area contributed by atoms with E-state index < -0.39 is 5.41 Å². The van der Waals surface area contributed by atoms with Crippen molar-refractivity contribution in [1.29, 1.82) is 0 Å². The van der Waals surface area contributed by atoms with E-state index in [-0.39, 0.29) is 5.91 Å². The quantitative estimate of drug-likeness (QED) is 0.769. The van der Waals surface area contributed by atoms with Gasteiger partial charge in [0.05, 0.1) is 10.4 Å². The summed E-state index contributed by atoms with van der Waals surface area (Å²) in [6.45, 7) is 4.22. The van der Waals surface area contributed by atoms with Gasteiger partial charge in [0.1, 0.15) is 0 Å². The Morgan fingerprint density at radius 3 is 2.18 bits per heavy atom. The van der Waals surface area contributed by atoms with Gasteiger partial charge in [-0.2, -0.15) is 0 Å². The Hall–Kier alpha value is -0.640. The smallest absolute Gasteiger partial charge is 0.235 e. The van der Waals surface area contributed by atoms with Crippen LogP contribution in [-0.4, -0.2) is 28.9 Å². The molecule has 1 saturated carbocycles. The molecular weight excluding hydrogens is 232 g/mol. The van der Waals surface area contributed by atoms with Crippen LogP contribution in [0.5, 0.6) is 0 Å². The number of nitrogens with two attached hydrogens (primary N) is 1. The molecule has 1 amide bonds. The van der Waals surface area contributed by atoms with Gasteiger partial charge in [0.15, 0.2) is 0 Å². The van der Waals surface area contributed by atoms with Gasteiger partial charge in [-0.25, -0.2) is 0 Å². The van der Waals surface area contributed by atoms with Gasteiger partial charge in [0.25, 0.3) is 0 Å². The lowest BCUT2D eigenvalue weighted by Crippen LogP contribution is -2.50. The molecule has 1 aliphatic carbocycles. The molecular formula is C13H24N2OS.